The Morgan fingerprint density at radius 3 is 2.38 bits per heavy atom. The van der Waals surface area contributed by atoms with Crippen molar-refractivity contribution in [1.29, 1.82) is 0 Å². The number of rotatable bonds is 1. The number of amides is 1. The van der Waals surface area contributed by atoms with Crippen molar-refractivity contribution in [3.8, 4) is 0 Å². The van der Waals surface area contributed by atoms with E-state index in [1.165, 1.54) is 16.2 Å². The number of carbonyl (C=O) groups excluding carboxylic acids is 1. The van der Waals surface area contributed by atoms with E-state index in [2.05, 4.69) is 31.9 Å². The molecule has 2 rings (SSSR count). The number of hydrogen-bond donors (Lipinski definition) is 2. The maximum Gasteiger partial charge on any atom is 0.264 e. The Kier molecular flexibility index (Phi) is 3.70. The number of aliphatic hydroxyl groups is 2. The van der Waals surface area contributed by atoms with Crippen molar-refractivity contribution in [2.45, 2.75) is 12.2 Å². The first-order valence-electron chi connectivity index (χ1n) is 4.59. The molecule has 2 atom stereocenters. The monoisotopic (exact) mass is 369 g/mol. The molecular weight excluding hydrogens is 362 g/mol. The lowest BCUT2D eigenvalue weighted by Gasteiger charge is -2.13. The molecule has 0 aromatic carbocycles. The van der Waals surface area contributed by atoms with Crippen LogP contribution in [0.2, 0.25) is 0 Å². The normalized spacial score (nSPS) is 25.1. The van der Waals surface area contributed by atoms with Crippen molar-refractivity contribution >= 4 is 49.1 Å². The Bertz CT molecular complexity index is 393. The largest absolute Gasteiger partial charge is 0.388 e. The van der Waals surface area contributed by atoms with Crippen molar-refractivity contribution < 1.29 is 15.0 Å². The minimum atomic E-state index is -0.837. The molecule has 1 aliphatic rings. The number of likely N-dealkylation sites (tertiary alicyclic amines) is 1. The molecule has 1 amide bonds. The molecule has 0 spiro atoms. The van der Waals surface area contributed by atoms with Gasteiger partial charge in [-0.1, -0.05) is 0 Å². The van der Waals surface area contributed by atoms with Gasteiger partial charge in [0.15, 0.2) is 0 Å². The van der Waals surface area contributed by atoms with Crippen molar-refractivity contribution in [3.63, 3.8) is 0 Å². The van der Waals surface area contributed by atoms with Crippen molar-refractivity contribution in [2.75, 3.05) is 13.1 Å². The highest BCUT2D eigenvalue weighted by molar-refractivity contribution is 9.13. The van der Waals surface area contributed by atoms with Crippen LogP contribution in [0.15, 0.2) is 14.3 Å². The summed E-state index contributed by atoms with van der Waals surface area (Å²) in [6, 6.07) is 1.73. The van der Waals surface area contributed by atoms with Gasteiger partial charge in [-0.3, -0.25) is 4.79 Å². The summed E-state index contributed by atoms with van der Waals surface area (Å²) >= 11 is 7.96. The van der Waals surface area contributed by atoms with Gasteiger partial charge in [-0.25, -0.2) is 0 Å². The molecule has 4 nitrogen and oxygen atoms in total. The van der Waals surface area contributed by atoms with E-state index >= 15 is 0 Å². The zero-order valence-corrected chi connectivity index (χ0v) is 12.0. The van der Waals surface area contributed by atoms with Crippen LogP contribution < -0.4 is 0 Å². The molecule has 16 heavy (non-hydrogen) atoms. The SMILES string of the molecule is O=C(c1cc(Br)c(Br)s1)N1CC(O)C(O)C1. The average molecular weight is 371 g/mol. The molecule has 1 fully saturated rings. The third-order valence-electron chi connectivity index (χ3n) is 2.40. The van der Waals surface area contributed by atoms with E-state index < -0.39 is 12.2 Å². The van der Waals surface area contributed by atoms with E-state index in [1.54, 1.807) is 6.07 Å². The highest BCUT2D eigenvalue weighted by atomic mass is 79.9. The Morgan fingerprint density at radius 1 is 1.38 bits per heavy atom. The number of nitrogens with zero attached hydrogens (tertiary/aromatic N) is 1. The molecule has 1 aromatic rings. The number of aliphatic hydroxyl groups excluding tert-OH is 2. The van der Waals surface area contributed by atoms with Crippen LogP contribution in [0.1, 0.15) is 9.67 Å². The summed E-state index contributed by atoms with van der Waals surface area (Å²) in [5.41, 5.74) is 0. The fourth-order valence-electron chi connectivity index (χ4n) is 1.54. The van der Waals surface area contributed by atoms with E-state index in [-0.39, 0.29) is 19.0 Å². The first-order chi connectivity index (χ1) is 7.49. The molecule has 2 heterocycles. The Labute approximate surface area is 113 Å². The molecule has 1 aromatic heterocycles. The number of halogens is 2. The number of hydrogen-bond acceptors (Lipinski definition) is 4. The van der Waals surface area contributed by atoms with Crippen molar-refractivity contribution in [2.24, 2.45) is 0 Å². The molecule has 1 aliphatic heterocycles. The van der Waals surface area contributed by atoms with Crippen LogP contribution in [-0.4, -0.2) is 46.3 Å². The standard InChI is InChI=1S/C9H9Br2NO3S/c10-4-1-7(16-8(4)11)9(15)12-2-5(13)6(14)3-12/h1,5-6,13-14H,2-3H2. The Balaban J connectivity index is 2.14. The highest BCUT2D eigenvalue weighted by Crippen LogP contribution is 2.33. The van der Waals surface area contributed by atoms with Gasteiger partial charge < -0.3 is 15.1 Å². The molecule has 1 saturated heterocycles. The summed E-state index contributed by atoms with van der Waals surface area (Å²) in [7, 11) is 0. The lowest BCUT2D eigenvalue weighted by molar-refractivity contribution is 0.0572. The molecule has 88 valence electrons. The lowest BCUT2D eigenvalue weighted by Crippen LogP contribution is -2.29. The zero-order chi connectivity index (χ0) is 11.9. The van der Waals surface area contributed by atoms with Crippen LogP contribution in [0.4, 0.5) is 0 Å². The van der Waals surface area contributed by atoms with Gasteiger partial charge in [0.1, 0.15) is 0 Å². The van der Waals surface area contributed by atoms with Gasteiger partial charge in [0, 0.05) is 17.6 Å². The molecule has 0 aliphatic carbocycles. The molecule has 0 bridgehead atoms. The van der Waals surface area contributed by atoms with Gasteiger partial charge in [0.2, 0.25) is 0 Å². The number of β-amino-alcohol motifs (C(OH)–C–C–N with tert-alkyl or cyclic N) is 2. The van der Waals surface area contributed by atoms with Crippen LogP contribution in [0.3, 0.4) is 0 Å². The highest BCUT2D eigenvalue weighted by Gasteiger charge is 2.33. The predicted octanol–water partition coefficient (Wildman–Crippen LogP) is 1.45. The summed E-state index contributed by atoms with van der Waals surface area (Å²) in [6.07, 6.45) is -1.67. The minimum Gasteiger partial charge on any atom is -0.388 e. The van der Waals surface area contributed by atoms with E-state index in [1.807, 2.05) is 0 Å². The van der Waals surface area contributed by atoms with E-state index in [0.29, 0.717) is 4.88 Å². The Hall–Kier alpha value is 0.0500. The molecular formula is C9H9Br2NO3S. The van der Waals surface area contributed by atoms with E-state index in [4.69, 9.17) is 0 Å². The second-order valence-electron chi connectivity index (χ2n) is 3.58. The summed E-state index contributed by atoms with van der Waals surface area (Å²) in [6.45, 7) is 0.375. The second kappa shape index (κ2) is 4.73. The molecule has 7 heteroatoms. The topological polar surface area (TPSA) is 60.8 Å². The van der Waals surface area contributed by atoms with E-state index in [9.17, 15) is 15.0 Å². The third kappa shape index (κ3) is 2.33. The van der Waals surface area contributed by atoms with Gasteiger partial charge in [-0.15, -0.1) is 11.3 Å². The lowest BCUT2D eigenvalue weighted by atomic mass is 10.3. The van der Waals surface area contributed by atoms with Crippen molar-refractivity contribution in [3.05, 3.63) is 19.2 Å². The van der Waals surface area contributed by atoms with Crippen LogP contribution in [0, 0.1) is 0 Å². The quantitative estimate of drug-likeness (QED) is 0.786. The van der Waals surface area contributed by atoms with Gasteiger partial charge in [-0.05, 0) is 37.9 Å². The number of thiophene rings is 1. The Morgan fingerprint density at radius 2 is 1.94 bits per heavy atom. The summed E-state index contributed by atoms with van der Waals surface area (Å²) < 4.78 is 1.69. The van der Waals surface area contributed by atoms with Gasteiger partial charge in [0.25, 0.3) is 5.91 Å². The van der Waals surface area contributed by atoms with Gasteiger partial charge >= 0.3 is 0 Å². The molecule has 2 unspecified atom stereocenters. The zero-order valence-electron chi connectivity index (χ0n) is 8.06. The van der Waals surface area contributed by atoms with E-state index in [0.717, 1.165) is 8.26 Å². The van der Waals surface area contributed by atoms with Gasteiger partial charge in [0.05, 0.1) is 20.9 Å². The summed E-state index contributed by atoms with van der Waals surface area (Å²) in [5, 5.41) is 18.7. The fraction of sp³-hybridized carbons (Fsp3) is 0.444. The number of carbonyl (C=O) groups is 1. The second-order valence-corrected chi connectivity index (χ2v) is 6.80. The molecule has 2 N–H and O–H groups in total. The van der Waals surface area contributed by atoms with Crippen LogP contribution in [-0.2, 0) is 0 Å². The maximum atomic E-state index is 12.0. The molecule has 0 saturated carbocycles. The average Bonchev–Trinajstić information content (AvgIpc) is 2.72. The smallest absolute Gasteiger partial charge is 0.264 e. The van der Waals surface area contributed by atoms with Crippen LogP contribution >= 0.6 is 43.2 Å². The predicted molar refractivity (Wildman–Crippen MR) is 67.6 cm³/mol. The van der Waals surface area contributed by atoms with Gasteiger partial charge in [-0.2, -0.15) is 0 Å². The summed E-state index contributed by atoms with van der Waals surface area (Å²) in [4.78, 5) is 14.0. The van der Waals surface area contributed by atoms with Crippen LogP contribution in [0.5, 0.6) is 0 Å². The fourth-order valence-corrected chi connectivity index (χ4v) is 3.55. The van der Waals surface area contributed by atoms with Crippen LogP contribution in [0.25, 0.3) is 0 Å². The minimum absolute atomic E-state index is 0.160. The molecule has 0 radical (unpaired) electrons. The summed E-state index contributed by atoms with van der Waals surface area (Å²) in [5.74, 6) is -0.160. The first-order valence-corrected chi connectivity index (χ1v) is 6.99. The maximum absolute atomic E-state index is 12.0. The third-order valence-corrected chi connectivity index (χ3v) is 5.65. The first kappa shape index (κ1) is 12.5. The van der Waals surface area contributed by atoms with Crippen molar-refractivity contribution in [1.82, 2.24) is 4.90 Å².